The number of rotatable bonds is 4. The molecule has 0 fully saturated rings. The third kappa shape index (κ3) is 4.86. The first-order valence-corrected chi connectivity index (χ1v) is 6.99. The molecule has 0 saturated carbocycles. The van der Waals surface area contributed by atoms with Gasteiger partial charge in [0.1, 0.15) is 0 Å². The van der Waals surface area contributed by atoms with Crippen molar-refractivity contribution in [2.75, 3.05) is 5.32 Å². The Labute approximate surface area is 137 Å². The fourth-order valence-corrected chi connectivity index (χ4v) is 1.90. The molecule has 0 unspecified atom stereocenters. The van der Waals surface area contributed by atoms with Crippen LogP contribution in [0.5, 0.6) is 0 Å². The standard InChI is InChI=1S/C16H22N4O.ClH/c1-16(2,3)14(17)15(21)19-13-9-18-20(11-13)10-12-7-5-4-6-8-12;/h4-9,11,14H,10,17H2,1-3H3,(H,19,21);1H/t14-;/m1./s1. The van der Waals surface area contributed by atoms with Gasteiger partial charge in [0, 0.05) is 6.20 Å². The van der Waals surface area contributed by atoms with E-state index >= 15 is 0 Å². The summed E-state index contributed by atoms with van der Waals surface area (Å²) in [5.41, 5.74) is 7.48. The van der Waals surface area contributed by atoms with Gasteiger partial charge in [-0.25, -0.2) is 0 Å². The first-order valence-electron chi connectivity index (χ1n) is 6.99. The van der Waals surface area contributed by atoms with Crippen LogP contribution < -0.4 is 11.1 Å². The van der Waals surface area contributed by atoms with E-state index in [1.807, 2.05) is 51.1 Å². The van der Waals surface area contributed by atoms with Crippen LogP contribution in [0, 0.1) is 5.41 Å². The highest BCUT2D eigenvalue weighted by Gasteiger charge is 2.27. The second kappa shape index (κ2) is 7.42. The predicted molar refractivity (Wildman–Crippen MR) is 91.1 cm³/mol. The van der Waals surface area contributed by atoms with E-state index in [1.54, 1.807) is 17.1 Å². The number of hydrogen-bond donors (Lipinski definition) is 2. The minimum absolute atomic E-state index is 0. The summed E-state index contributed by atoms with van der Waals surface area (Å²) >= 11 is 0. The van der Waals surface area contributed by atoms with Crippen molar-refractivity contribution >= 4 is 24.0 Å². The molecule has 0 bridgehead atoms. The average Bonchev–Trinajstić information content (AvgIpc) is 2.85. The number of anilines is 1. The molecular weight excluding hydrogens is 300 g/mol. The first kappa shape index (κ1) is 18.2. The van der Waals surface area contributed by atoms with Gasteiger partial charge < -0.3 is 11.1 Å². The fourth-order valence-electron chi connectivity index (χ4n) is 1.90. The molecule has 0 saturated heterocycles. The van der Waals surface area contributed by atoms with Crippen molar-refractivity contribution in [1.29, 1.82) is 0 Å². The Balaban J connectivity index is 0.00000242. The van der Waals surface area contributed by atoms with E-state index in [0.717, 1.165) is 5.56 Å². The van der Waals surface area contributed by atoms with Crippen molar-refractivity contribution in [3.63, 3.8) is 0 Å². The van der Waals surface area contributed by atoms with E-state index in [-0.39, 0.29) is 23.7 Å². The zero-order chi connectivity index (χ0) is 15.5. The van der Waals surface area contributed by atoms with Crippen molar-refractivity contribution in [2.24, 2.45) is 11.1 Å². The molecular formula is C16H23ClN4O. The number of benzene rings is 1. The van der Waals surface area contributed by atoms with E-state index in [0.29, 0.717) is 12.2 Å². The number of halogens is 1. The predicted octanol–water partition coefficient (Wildman–Crippen LogP) is 2.67. The topological polar surface area (TPSA) is 72.9 Å². The van der Waals surface area contributed by atoms with Gasteiger partial charge in [0.2, 0.25) is 5.91 Å². The van der Waals surface area contributed by atoms with Crippen molar-refractivity contribution in [1.82, 2.24) is 9.78 Å². The second-order valence-electron chi connectivity index (χ2n) is 6.25. The zero-order valence-corrected chi connectivity index (χ0v) is 13.9. The summed E-state index contributed by atoms with van der Waals surface area (Å²) in [6.45, 7) is 6.49. The molecule has 1 aromatic carbocycles. The molecule has 2 rings (SSSR count). The number of carbonyl (C=O) groups is 1. The third-order valence-electron chi connectivity index (χ3n) is 3.30. The lowest BCUT2D eigenvalue weighted by Crippen LogP contribution is -2.45. The normalized spacial score (nSPS) is 12.4. The molecule has 6 heteroatoms. The zero-order valence-electron chi connectivity index (χ0n) is 13.1. The van der Waals surface area contributed by atoms with Gasteiger partial charge in [-0.2, -0.15) is 5.10 Å². The summed E-state index contributed by atoms with van der Waals surface area (Å²) in [6, 6.07) is 9.47. The smallest absolute Gasteiger partial charge is 0.241 e. The lowest BCUT2D eigenvalue weighted by atomic mass is 9.87. The largest absolute Gasteiger partial charge is 0.322 e. The highest BCUT2D eigenvalue weighted by molar-refractivity contribution is 5.94. The maximum absolute atomic E-state index is 12.1. The number of hydrogen-bond acceptors (Lipinski definition) is 3. The first-order chi connectivity index (χ1) is 9.86. The molecule has 0 aliphatic heterocycles. The van der Waals surface area contributed by atoms with E-state index in [2.05, 4.69) is 10.4 Å². The Morgan fingerprint density at radius 2 is 1.95 bits per heavy atom. The van der Waals surface area contributed by atoms with Gasteiger partial charge in [0.05, 0.1) is 24.5 Å². The lowest BCUT2D eigenvalue weighted by Gasteiger charge is -2.25. The van der Waals surface area contributed by atoms with E-state index < -0.39 is 6.04 Å². The molecule has 1 amide bonds. The van der Waals surface area contributed by atoms with Crippen LogP contribution in [0.4, 0.5) is 5.69 Å². The summed E-state index contributed by atoms with van der Waals surface area (Å²) in [6.07, 6.45) is 3.44. The van der Waals surface area contributed by atoms with Crippen LogP contribution in [-0.2, 0) is 11.3 Å². The van der Waals surface area contributed by atoms with Crippen LogP contribution in [0.2, 0.25) is 0 Å². The molecule has 0 aliphatic rings. The van der Waals surface area contributed by atoms with Crippen LogP contribution in [0.1, 0.15) is 26.3 Å². The Morgan fingerprint density at radius 3 is 2.55 bits per heavy atom. The SMILES string of the molecule is CC(C)(C)[C@H](N)C(=O)Nc1cnn(Cc2ccccc2)c1.Cl. The van der Waals surface area contributed by atoms with Crippen LogP contribution >= 0.6 is 12.4 Å². The fraction of sp³-hybridized carbons (Fsp3) is 0.375. The Morgan fingerprint density at radius 1 is 1.32 bits per heavy atom. The summed E-state index contributed by atoms with van der Waals surface area (Å²) < 4.78 is 1.79. The number of nitrogens with zero attached hydrogens (tertiary/aromatic N) is 2. The number of amides is 1. The van der Waals surface area contributed by atoms with E-state index in [4.69, 9.17) is 5.73 Å². The van der Waals surface area contributed by atoms with Gasteiger partial charge in [-0.05, 0) is 11.0 Å². The lowest BCUT2D eigenvalue weighted by molar-refractivity contribution is -0.119. The van der Waals surface area contributed by atoms with Crippen LogP contribution in [0.15, 0.2) is 42.7 Å². The Kier molecular flexibility index (Phi) is 6.14. The van der Waals surface area contributed by atoms with Gasteiger partial charge in [-0.1, -0.05) is 51.1 Å². The third-order valence-corrected chi connectivity index (χ3v) is 3.30. The molecule has 22 heavy (non-hydrogen) atoms. The quantitative estimate of drug-likeness (QED) is 0.909. The minimum Gasteiger partial charge on any atom is -0.322 e. The molecule has 120 valence electrons. The van der Waals surface area contributed by atoms with Crippen LogP contribution in [0.25, 0.3) is 0 Å². The second-order valence-corrected chi connectivity index (χ2v) is 6.25. The van der Waals surface area contributed by atoms with Crippen LogP contribution in [-0.4, -0.2) is 21.7 Å². The summed E-state index contributed by atoms with van der Waals surface area (Å²) in [5, 5.41) is 7.05. The molecule has 3 N–H and O–H groups in total. The van der Waals surface area contributed by atoms with Crippen molar-refractivity contribution < 1.29 is 4.79 Å². The summed E-state index contributed by atoms with van der Waals surface area (Å²) in [4.78, 5) is 12.1. The van der Waals surface area contributed by atoms with Crippen LogP contribution in [0.3, 0.4) is 0 Å². The van der Waals surface area contributed by atoms with Gasteiger partial charge >= 0.3 is 0 Å². The minimum atomic E-state index is -0.560. The van der Waals surface area contributed by atoms with E-state index in [1.165, 1.54) is 0 Å². The Hall–Kier alpha value is -1.85. The molecule has 1 atom stereocenters. The van der Waals surface area contributed by atoms with Gasteiger partial charge in [0.25, 0.3) is 0 Å². The van der Waals surface area contributed by atoms with Crippen molar-refractivity contribution in [2.45, 2.75) is 33.4 Å². The number of nitrogens with two attached hydrogens (primary N) is 1. The van der Waals surface area contributed by atoms with Crippen molar-refractivity contribution in [3.05, 3.63) is 48.3 Å². The van der Waals surface area contributed by atoms with Gasteiger partial charge in [0.15, 0.2) is 0 Å². The highest BCUT2D eigenvalue weighted by Crippen LogP contribution is 2.18. The maximum Gasteiger partial charge on any atom is 0.241 e. The van der Waals surface area contributed by atoms with Crippen molar-refractivity contribution in [3.8, 4) is 0 Å². The summed E-state index contributed by atoms with van der Waals surface area (Å²) in [5.74, 6) is -0.193. The number of nitrogens with one attached hydrogen (secondary N) is 1. The average molecular weight is 323 g/mol. The molecule has 0 spiro atoms. The number of aromatic nitrogens is 2. The molecule has 0 radical (unpaired) electrons. The molecule has 5 nitrogen and oxygen atoms in total. The number of carbonyl (C=O) groups excluding carboxylic acids is 1. The van der Waals surface area contributed by atoms with E-state index in [9.17, 15) is 4.79 Å². The highest BCUT2D eigenvalue weighted by atomic mass is 35.5. The van der Waals surface area contributed by atoms with Gasteiger partial charge in [-0.15, -0.1) is 12.4 Å². The van der Waals surface area contributed by atoms with Gasteiger partial charge in [-0.3, -0.25) is 9.48 Å². The summed E-state index contributed by atoms with van der Waals surface area (Å²) in [7, 11) is 0. The molecule has 1 heterocycles. The molecule has 2 aromatic rings. The molecule has 1 aromatic heterocycles. The Bertz CT molecular complexity index is 604. The maximum atomic E-state index is 12.1. The molecule has 0 aliphatic carbocycles. The monoisotopic (exact) mass is 322 g/mol.